The molecule has 0 radical (unpaired) electrons. The molecule has 0 atom stereocenters. The molecule has 6 heteroatoms. The van der Waals surface area contributed by atoms with Gasteiger partial charge >= 0.3 is 5.97 Å². The van der Waals surface area contributed by atoms with E-state index in [1.165, 1.54) is 24.3 Å². The summed E-state index contributed by atoms with van der Waals surface area (Å²) in [5, 5.41) is 6.53. The Morgan fingerprint density at radius 1 is 1.16 bits per heavy atom. The van der Waals surface area contributed by atoms with E-state index in [1.54, 1.807) is 18.2 Å². The maximum atomic E-state index is 12.0. The van der Waals surface area contributed by atoms with Gasteiger partial charge in [0.1, 0.15) is 0 Å². The van der Waals surface area contributed by atoms with Crippen molar-refractivity contribution in [3.63, 3.8) is 0 Å². The van der Waals surface area contributed by atoms with Crippen LogP contribution in [0.15, 0.2) is 47.2 Å². The minimum absolute atomic E-state index is 0.0679. The molecule has 1 N–H and O–H groups in total. The molecule has 0 saturated carbocycles. The summed E-state index contributed by atoms with van der Waals surface area (Å²) in [6.07, 6.45) is 3.64. The summed E-state index contributed by atoms with van der Waals surface area (Å²) in [7, 11) is 0. The van der Waals surface area contributed by atoms with E-state index in [9.17, 15) is 14.4 Å². The van der Waals surface area contributed by atoms with Gasteiger partial charge in [-0.3, -0.25) is 9.59 Å². The summed E-state index contributed by atoms with van der Waals surface area (Å²) in [4.78, 5) is 34.5. The van der Waals surface area contributed by atoms with E-state index in [-0.39, 0.29) is 18.3 Å². The predicted molar refractivity (Wildman–Crippen MR) is 97.5 cm³/mol. The minimum atomic E-state index is -0.550. The molecule has 0 saturated heterocycles. The molecule has 1 aromatic heterocycles. The standard InChI is InChI=1S/C19H19NO4S/c1-14(21)20-10-8-15-2-5-17(6-3-15)18(22)12-24-19(23)7-4-16-9-11-25-13-16/h2-7,9,11,13H,8,10,12H2,1H3,(H,20,21)/b7-4+. The van der Waals surface area contributed by atoms with Crippen LogP contribution in [0.1, 0.15) is 28.4 Å². The lowest BCUT2D eigenvalue weighted by atomic mass is 10.1. The number of hydrogen-bond acceptors (Lipinski definition) is 5. The number of carbonyl (C=O) groups is 3. The number of esters is 1. The second kappa shape index (κ2) is 9.54. The van der Waals surface area contributed by atoms with Crippen molar-refractivity contribution >= 4 is 35.1 Å². The third-order valence-corrected chi connectivity index (χ3v) is 4.07. The minimum Gasteiger partial charge on any atom is -0.454 e. The highest BCUT2D eigenvalue weighted by atomic mass is 32.1. The van der Waals surface area contributed by atoms with Crippen LogP contribution in [0.25, 0.3) is 6.08 Å². The first kappa shape index (κ1) is 18.6. The lowest BCUT2D eigenvalue weighted by Crippen LogP contribution is -2.22. The van der Waals surface area contributed by atoms with Gasteiger partial charge in [-0.05, 0) is 40.5 Å². The Bertz CT molecular complexity index is 748. The molecule has 1 amide bonds. The Balaban J connectivity index is 1.78. The number of carbonyl (C=O) groups excluding carboxylic acids is 3. The Morgan fingerprint density at radius 3 is 2.56 bits per heavy atom. The van der Waals surface area contributed by atoms with Crippen molar-refractivity contribution in [2.24, 2.45) is 0 Å². The molecule has 0 fully saturated rings. The van der Waals surface area contributed by atoms with E-state index in [0.717, 1.165) is 11.1 Å². The van der Waals surface area contributed by atoms with Crippen molar-refractivity contribution in [3.05, 3.63) is 63.9 Å². The molecule has 0 unspecified atom stereocenters. The van der Waals surface area contributed by atoms with Crippen LogP contribution in [0.4, 0.5) is 0 Å². The molecule has 0 bridgehead atoms. The first-order chi connectivity index (χ1) is 12.0. The normalized spacial score (nSPS) is 10.6. The fourth-order valence-electron chi connectivity index (χ4n) is 2.04. The van der Waals surface area contributed by atoms with Gasteiger partial charge < -0.3 is 10.1 Å². The van der Waals surface area contributed by atoms with E-state index in [2.05, 4.69) is 5.32 Å². The van der Waals surface area contributed by atoms with Gasteiger partial charge in [0.2, 0.25) is 5.91 Å². The van der Waals surface area contributed by atoms with Gasteiger partial charge in [-0.1, -0.05) is 24.3 Å². The molecule has 1 heterocycles. The maximum absolute atomic E-state index is 12.0. The fraction of sp³-hybridized carbons (Fsp3) is 0.211. The van der Waals surface area contributed by atoms with E-state index in [0.29, 0.717) is 18.5 Å². The summed E-state index contributed by atoms with van der Waals surface area (Å²) in [5.41, 5.74) is 2.42. The molecule has 0 spiro atoms. The summed E-state index contributed by atoms with van der Waals surface area (Å²) in [5.74, 6) is -0.876. The lowest BCUT2D eigenvalue weighted by molar-refractivity contribution is -0.136. The molecule has 0 aliphatic carbocycles. The summed E-state index contributed by atoms with van der Waals surface area (Å²) < 4.78 is 4.96. The first-order valence-electron chi connectivity index (χ1n) is 7.78. The third kappa shape index (κ3) is 6.73. The number of thiophene rings is 1. The van der Waals surface area contributed by atoms with Crippen LogP contribution < -0.4 is 5.32 Å². The zero-order valence-electron chi connectivity index (χ0n) is 13.9. The molecule has 0 aliphatic rings. The predicted octanol–water partition coefficient (Wildman–Crippen LogP) is 2.87. The molecular weight excluding hydrogens is 338 g/mol. The van der Waals surface area contributed by atoms with Crippen molar-refractivity contribution in [1.29, 1.82) is 0 Å². The van der Waals surface area contributed by atoms with E-state index in [1.807, 2.05) is 29.0 Å². The Hall–Kier alpha value is -2.73. The van der Waals surface area contributed by atoms with Gasteiger partial charge in [-0.2, -0.15) is 11.3 Å². The quantitative estimate of drug-likeness (QED) is 0.448. The fourth-order valence-corrected chi connectivity index (χ4v) is 2.67. The Labute approximate surface area is 150 Å². The SMILES string of the molecule is CC(=O)NCCc1ccc(C(=O)COC(=O)/C=C/c2ccsc2)cc1. The van der Waals surface area contributed by atoms with Gasteiger partial charge in [0.25, 0.3) is 0 Å². The van der Waals surface area contributed by atoms with Gasteiger partial charge in [0.15, 0.2) is 12.4 Å². The smallest absolute Gasteiger partial charge is 0.331 e. The molecule has 25 heavy (non-hydrogen) atoms. The average molecular weight is 357 g/mol. The molecule has 130 valence electrons. The second-order valence-corrected chi connectivity index (χ2v) is 6.13. The van der Waals surface area contributed by atoms with Crippen molar-refractivity contribution in [2.45, 2.75) is 13.3 Å². The Kier molecular flexibility index (Phi) is 7.10. The second-order valence-electron chi connectivity index (χ2n) is 5.35. The number of hydrogen-bond donors (Lipinski definition) is 1. The largest absolute Gasteiger partial charge is 0.454 e. The molecular formula is C19H19NO4S. The number of ketones is 1. The number of ether oxygens (including phenoxy) is 1. The molecule has 0 aliphatic heterocycles. The zero-order valence-corrected chi connectivity index (χ0v) is 14.7. The Morgan fingerprint density at radius 2 is 1.92 bits per heavy atom. The first-order valence-corrected chi connectivity index (χ1v) is 8.72. The average Bonchev–Trinajstić information content (AvgIpc) is 3.11. The van der Waals surface area contributed by atoms with Gasteiger partial charge in [-0.25, -0.2) is 4.79 Å². The van der Waals surface area contributed by atoms with Crippen molar-refractivity contribution in [3.8, 4) is 0 Å². The van der Waals surface area contributed by atoms with Gasteiger partial charge in [0, 0.05) is 25.1 Å². The van der Waals surface area contributed by atoms with Crippen molar-refractivity contribution < 1.29 is 19.1 Å². The van der Waals surface area contributed by atoms with Crippen LogP contribution in [-0.4, -0.2) is 30.8 Å². The molecule has 2 rings (SSSR count). The number of amides is 1. The van der Waals surface area contributed by atoms with Crippen LogP contribution in [0.3, 0.4) is 0 Å². The third-order valence-electron chi connectivity index (χ3n) is 3.36. The number of nitrogens with one attached hydrogen (secondary N) is 1. The van der Waals surface area contributed by atoms with Crippen LogP contribution in [-0.2, 0) is 20.7 Å². The summed E-state index contributed by atoms with van der Waals surface area (Å²) >= 11 is 1.54. The topological polar surface area (TPSA) is 72.5 Å². The van der Waals surface area contributed by atoms with Crippen molar-refractivity contribution in [1.82, 2.24) is 5.32 Å². The van der Waals surface area contributed by atoms with Gasteiger partial charge in [0.05, 0.1) is 0 Å². The highest BCUT2D eigenvalue weighted by Gasteiger charge is 2.08. The highest BCUT2D eigenvalue weighted by Crippen LogP contribution is 2.08. The van der Waals surface area contributed by atoms with Crippen molar-refractivity contribution in [2.75, 3.05) is 13.2 Å². The number of benzene rings is 1. The van der Waals surface area contributed by atoms with Crippen LogP contribution in [0.5, 0.6) is 0 Å². The van der Waals surface area contributed by atoms with Crippen LogP contribution in [0.2, 0.25) is 0 Å². The van der Waals surface area contributed by atoms with Crippen LogP contribution in [0, 0.1) is 0 Å². The van der Waals surface area contributed by atoms with Gasteiger partial charge in [-0.15, -0.1) is 0 Å². The molecule has 2 aromatic rings. The summed E-state index contributed by atoms with van der Waals surface area (Å²) in [6.45, 7) is 1.73. The monoisotopic (exact) mass is 357 g/mol. The number of rotatable bonds is 8. The molecule has 1 aromatic carbocycles. The lowest BCUT2D eigenvalue weighted by Gasteiger charge is -2.05. The van der Waals surface area contributed by atoms with E-state index in [4.69, 9.17) is 4.74 Å². The summed E-state index contributed by atoms with van der Waals surface area (Å²) in [6, 6.07) is 8.93. The van der Waals surface area contributed by atoms with Crippen LogP contribution >= 0.6 is 11.3 Å². The number of Topliss-reactive ketones (excluding diaryl/α,β-unsaturated/α-hetero) is 1. The molecule has 5 nitrogen and oxygen atoms in total. The van der Waals surface area contributed by atoms with E-state index < -0.39 is 5.97 Å². The maximum Gasteiger partial charge on any atom is 0.331 e. The highest BCUT2D eigenvalue weighted by molar-refractivity contribution is 7.08. The zero-order chi connectivity index (χ0) is 18.1. The van der Waals surface area contributed by atoms with E-state index >= 15 is 0 Å².